The molecule has 3 aromatic rings. The van der Waals surface area contributed by atoms with Gasteiger partial charge in [-0.1, -0.05) is 54.1 Å². The summed E-state index contributed by atoms with van der Waals surface area (Å²) < 4.78 is 5.16. The number of rotatable bonds is 6. The van der Waals surface area contributed by atoms with Crippen LogP contribution in [0.25, 0.3) is 0 Å². The largest absolute Gasteiger partial charge is 0.497 e. The minimum Gasteiger partial charge on any atom is -0.497 e. The van der Waals surface area contributed by atoms with Crippen LogP contribution >= 0.6 is 0 Å². The molecular formula is C26H25N3O3. The van der Waals surface area contributed by atoms with Crippen molar-refractivity contribution in [1.29, 1.82) is 0 Å². The molecule has 6 nitrogen and oxygen atoms in total. The summed E-state index contributed by atoms with van der Waals surface area (Å²) in [7, 11) is 1.61. The Hall–Kier alpha value is -3.93. The van der Waals surface area contributed by atoms with E-state index in [1.54, 1.807) is 7.11 Å². The minimum absolute atomic E-state index is 0.0668. The van der Waals surface area contributed by atoms with E-state index in [1.165, 1.54) is 4.90 Å². The molecule has 1 aliphatic heterocycles. The molecule has 0 aliphatic carbocycles. The van der Waals surface area contributed by atoms with Crippen molar-refractivity contribution in [1.82, 2.24) is 5.32 Å². The molecule has 2 amide bonds. The average molecular weight is 428 g/mol. The van der Waals surface area contributed by atoms with Crippen molar-refractivity contribution < 1.29 is 14.3 Å². The normalized spacial score (nSPS) is 13.1. The monoisotopic (exact) mass is 427 g/mol. The Morgan fingerprint density at radius 1 is 1.03 bits per heavy atom. The van der Waals surface area contributed by atoms with E-state index in [0.29, 0.717) is 23.6 Å². The zero-order valence-electron chi connectivity index (χ0n) is 18.2. The maximum Gasteiger partial charge on any atom is 0.240 e. The lowest BCUT2D eigenvalue weighted by Crippen LogP contribution is -2.41. The van der Waals surface area contributed by atoms with Gasteiger partial charge >= 0.3 is 0 Å². The van der Waals surface area contributed by atoms with E-state index in [9.17, 15) is 9.59 Å². The molecule has 162 valence electrons. The van der Waals surface area contributed by atoms with Crippen LogP contribution in [0.5, 0.6) is 5.75 Å². The van der Waals surface area contributed by atoms with Crippen LogP contribution in [0.4, 0.5) is 11.4 Å². The van der Waals surface area contributed by atoms with Crippen molar-refractivity contribution in [3.05, 3.63) is 89.5 Å². The van der Waals surface area contributed by atoms with Crippen LogP contribution < -0.4 is 15.0 Å². The number of para-hydroxylation sites is 2. The van der Waals surface area contributed by atoms with Gasteiger partial charge in [-0.2, -0.15) is 0 Å². The Kier molecular flexibility index (Phi) is 6.31. The molecule has 0 aromatic heterocycles. The molecule has 0 atom stereocenters. The number of aliphatic imine (C=N–C) groups is 1. The van der Waals surface area contributed by atoms with Crippen LogP contribution in [0.3, 0.4) is 0 Å². The van der Waals surface area contributed by atoms with Crippen molar-refractivity contribution in [2.24, 2.45) is 4.99 Å². The Morgan fingerprint density at radius 2 is 1.75 bits per heavy atom. The standard InChI is InChI=1S/C26H25N3O3/c1-18-7-11-20(12-8-18)23-15-26(31)29(24-6-4-3-5-22(24)28-23)17-25(30)27-16-19-9-13-21(32-2)14-10-19/h3-14H,15-17H2,1-2H3,(H,27,30). The number of hydrogen-bond donors (Lipinski definition) is 1. The van der Waals surface area contributed by atoms with Crippen LogP contribution in [-0.2, 0) is 16.1 Å². The van der Waals surface area contributed by atoms with Gasteiger partial charge in [0, 0.05) is 6.54 Å². The highest BCUT2D eigenvalue weighted by Crippen LogP contribution is 2.32. The molecule has 0 unspecified atom stereocenters. The smallest absolute Gasteiger partial charge is 0.240 e. The van der Waals surface area contributed by atoms with Crippen LogP contribution in [-0.4, -0.2) is 31.2 Å². The van der Waals surface area contributed by atoms with E-state index in [2.05, 4.69) is 5.32 Å². The third-order valence-electron chi connectivity index (χ3n) is 5.38. The molecule has 0 spiro atoms. The molecule has 0 fully saturated rings. The highest BCUT2D eigenvalue weighted by atomic mass is 16.5. The number of carbonyl (C=O) groups excluding carboxylic acids is 2. The average Bonchev–Trinajstić information content (AvgIpc) is 2.95. The quantitative estimate of drug-likeness (QED) is 0.642. The van der Waals surface area contributed by atoms with Gasteiger partial charge in [-0.25, -0.2) is 0 Å². The number of amides is 2. The Labute approximate surface area is 187 Å². The zero-order chi connectivity index (χ0) is 22.5. The Balaban J connectivity index is 1.50. The summed E-state index contributed by atoms with van der Waals surface area (Å²) in [5.41, 5.74) is 5.01. The third-order valence-corrected chi connectivity index (χ3v) is 5.38. The third kappa shape index (κ3) is 4.86. The highest BCUT2D eigenvalue weighted by Gasteiger charge is 2.26. The SMILES string of the molecule is COc1ccc(CNC(=O)CN2C(=O)CC(c3ccc(C)cc3)=Nc3ccccc32)cc1. The first-order chi connectivity index (χ1) is 15.5. The van der Waals surface area contributed by atoms with Gasteiger partial charge in [0.15, 0.2) is 0 Å². The van der Waals surface area contributed by atoms with E-state index in [1.807, 2.05) is 79.7 Å². The number of carbonyl (C=O) groups is 2. The van der Waals surface area contributed by atoms with Crippen molar-refractivity contribution >= 4 is 28.9 Å². The van der Waals surface area contributed by atoms with E-state index < -0.39 is 0 Å². The number of nitrogens with one attached hydrogen (secondary N) is 1. The van der Waals surface area contributed by atoms with Gasteiger partial charge in [-0.3, -0.25) is 14.6 Å². The van der Waals surface area contributed by atoms with Gasteiger partial charge in [0.2, 0.25) is 11.8 Å². The van der Waals surface area contributed by atoms with Crippen molar-refractivity contribution in [3.8, 4) is 5.75 Å². The molecule has 0 saturated carbocycles. The van der Waals surface area contributed by atoms with Crippen LogP contribution in [0, 0.1) is 6.92 Å². The van der Waals surface area contributed by atoms with Crippen LogP contribution in [0.15, 0.2) is 77.8 Å². The number of anilines is 1. The number of ether oxygens (including phenoxy) is 1. The Bertz CT molecular complexity index is 1150. The number of benzene rings is 3. The molecule has 4 rings (SSSR count). The predicted molar refractivity (Wildman–Crippen MR) is 126 cm³/mol. The first-order valence-electron chi connectivity index (χ1n) is 10.5. The number of methoxy groups -OCH3 is 1. The first-order valence-corrected chi connectivity index (χ1v) is 10.5. The van der Waals surface area contributed by atoms with Gasteiger partial charge < -0.3 is 15.0 Å². The first kappa shape index (κ1) is 21.3. The molecule has 6 heteroatoms. The molecule has 0 saturated heterocycles. The van der Waals surface area contributed by atoms with E-state index in [-0.39, 0.29) is 24.8 Å². The van der Waals surface area contributed by atoms with Gasteiger partial charge in [-0.15, -0.1) is 0 Å². The summed E-state index contributed by atoms with van der Waals surface area (Å²) in [6.07, 6.45) is 0.128. The summed E-state index contributed by atoms with van der Waals surface area (Å²) >= 11 is 0. The molecule has 1 N–H and O–H groups in total. The molecule has 0 bridgehead atoms. The molecule has 1 aliphatic rings. The maximum absolute atomic E-state index is 13.2. The lowest BCUT2D eigenvalue weighted by atomic mass is 10.1. The molecular weight excluding hydrogens is 402 g/mol. The van der Waals surface area contributed by atoms with Crippen molar-refractivity contribution in [3.63, 3.8) is 0 Å². The van der Waals surface area contributed by atoms with Crippen LogP contribution in [0.1, 0.15) is 23.1 Å². The number of nitrogens with zero attached hydrogens (tertiary/aromatic N) is 2. The summed E-state index contributed by atoms with van der Waals surface area (Å²) in [6, 6.07) is 22.9. The lowest BCUT2D eigenvalue weighted by molar-refractivity contribution is -0.123. The summed E-state index contributed by atoms with van der Waals surface area (Å²) in [6.45, 7) is 2.33. The number of hydrogen-bond acceptors (Lipinski definition) is 4. The maximum atomic E-state index is 13.2. The second kappa shape index (κ2) is 9.47. The Morgan fingerprint density at radius 3 is 2.47 bits per heavy atom. The summed E-state index contributed by atoms with van der Waals surface area (Å²) in [5, 5.41) is 2.89. The molecule has 0 radical (unpaired) electrons. The van der Waals surface area contributed by atoms with E-state index in [4.69, 9.17) is 9.73 Å². The van der Waals surface area contributed by atoms with Gasteiger partial charge in [-0.05, 0) is 42.3 Å². The number of aryl methyl sites for hydroxylation is 1. The summed E-state index contributed by atoms with van der Waals surface area (Å²) in [4.78, 5) is 32.1. The fourth-order valence-corrected chi connectivity index (χ4v) is 3.57. The zero-order valence-corrected chi connectivity index (χ0v) is 18.2. The van der Waals surface area contributed by atoms with Gasteiger partial charge in [0.05, 0.1) is 30.6 Å². The van der Waals surface area contributed by atoms with Crippen molar-refractivity contribution in [2.45, 2.75) is 19.9 Å². The van der Waals surface area contributed by atoms with Gasteiger partial charge in [0.1, 0.15) is 12.3 Å². The second-order valence-corrected chi connectivity index (χ2v) is 7.69. The second-order valence-electron chi connectivity index (χ2n) is 7.69. The van der Waals surface area contributed by atoms with Gasteiger partial charge in [0.25, 0.3) is 0 Å². The van der Waals surface area contributed by atoms with Crippen molar-refractivity contribution in [2.75, 3.05) is 18.6 Å². The molecule has 3 aromatic carbocycles. The fourth-order valence-electron chi connectivity index (χ4n) is 3.57. The number of fused-ring (bicyclic) bond motifs is 1. The fraction of sp³-hybridized carbons (Fsp3) is 0.192. The highest BCUT2D eigenvalue weighted by molar-refractivity contribution is 6.18. The predicted octanol–water partition coefficient (Wildman–Crippen LogP) is 4.18. The lowest BCUT2D eigenvalue weighted by Gasteiger charge is -2.22. The van der Waals surface area contributed by atoms with E-state index in [0.717, 1.165) is 22.4 Å². The topological polar surface area (TPSA) is 71.0 Å². The minimum atomic E-state index is -0.234. The molecule has 32 heavy (non-hydrogen) atoms. The summed E-state index contributed by atoms with van der Waals surface area (Å²) in [5.74, 6) is 0.368. The van der Waals surface area contributed by atoms with Crippen LogP contribution in [0.2, 0.25) is 0 Å². The molecule has 1 heterocycles. The van der Waals surface area contributed by atoms with E-state index >= 15 is 0 Å².